The fourth-order valence-corrected chi connectivity index (χ4v) is 3.39. The van der Waals surface area contributed by atoms with E-state index in [1.165, 1.54) is 0 Å². The van der Waals surface area contributed by atoms with Crippen LogP contribution in [-0.4, -0.2) is 29.0 Å². The number of aryl methyl sites for hydroxylation is 1. The smallest absolute Gasteiger partial charge is 0.317 e. The summed E-state index contributed by atoms with van der Waals surface area (Å²) in [6.45, 7) is 4.36. The molecule has 1 aliphatic heterocycles. The molecule has 1 aromatic heterocycles. The van der Waals surface area contributed by atoms with E-state index in [2.05, 4.69) is 15.6 Å². The fraction of sp³-hybridized carbons (Fsp3) is 0.238. The van der Waals surface area contributed by atoms with Crippen molar-refractivity contribution in [3.63, 3.8) is 0 Å². The van der Waals surface area contributed by atoms with Gasteiger partial charge in [-0.1, -0.05) is 29.8 Å². The van der Waals surface area contributed by atoms with Gasteiger partial charge in [0.2, 0.25) is 5.89 Å². The average molecular weight is 397 g/mol. The third-order valence-electron chi connectivity index (χ3n) is 4.70. The Balaban J connectivity index is 1.47. The lowest BCUT2D eigenvalue weighted by atomic mass is 10.1. The van der Waals surface area contributed by atoms with E-state index in [0.29, 0.717) is 30.5 Å². The van der Waals surface area contributed by atoms with E-state index < -0.39 is 0 Å². The maximum absolute atomic E-state index is 11.8. The summed E-state index contributed by atoms with van der Waals surface area (Å²) < 4.78 is 5.96. The zero-order valence-electron chi connectivity index (χ0n) is 15.5. The van der Waals surface area contributed by atoms with Crippen LogP contribution in [0.25, 0.3) is 11.3 Å². The molecular formula is C21H21ClN4O2. The summed E-state index contributed by atoms with van der Waals surface area (Å²) in [4.78, 5) is 18.2. The molecule has 4 rings (SSSR count). The molecule has 2 N–H and O–H groups in total. The standard InChI is InChI=1S/C21H21ClN4O2/c1-14-20(15-6-8-17(22)9-7-15)28-19(25-14)12-24-18-5-3-2-4-16(18)13-26-11-10-23-21(26)27/h2-9,24H,10-13H2,1H3,(H,23,27). The molecule has 0 spiro atoms. The van der Waals surface area contributed by atoms with Crippen molar-refractivity contribution in [3.05, 3.63) is 70.7 Å². The van der Waals surface area contributed by atoms with Gasteiger partial charge in [-0.3, -0.25) is 0 Å². The van der Waals surface area contributed by atoms with Crippen LogP contribution in [0.3, 0.4) is 0 Å². The molecule has 144 valence electrons. The molecule has 7 heteroatoms. The summed E-state index contributed by atoms with van der Waals surface area (Å²) in [7, 11) is 0. The Hall–Kier alpha value is -2.99. The molecule has 3 aromatic rings. The van der Waals surface area contributed by atoms with Gasteiger partial charge < -0.3 is 20.0 Å². The molecule has 2 amide bonds. The van der Waals surface area contributed by atoms with Crippen molar-refractivity contribution >= 4 is 23.3 Å². The molecule has 6 nitrogen and oxygen atoms in total. The van der Waals surface area contributed by atoms with Gasteiger partial charge in [0.1, 0.15) is 0 Å². The van der Waals surface area contributed by atoms with Crippen molar-refractivity contribution in [1.82, 2.24) is 15.2 Å². The number of aromatic nitrogens is 1. The SMILES string of the molecule is Cc1nc(CNc2ccccc2CN2CCNC2=O)oc1-c1ccc(Cl)cc1. The lowest BCUT2D eigenvalue weighted by Crippen LogP contribution is -2.27. The number of hydrogen-bond acceptors (Lipinski definition) is 4. The van der Waals surface area contributed by atoms with Crippen LogP contribution < -0.4 is 10.6 Å². The number of nitrogens with one attached hydrogen (secondary N) is 2. The number of carbonyl (C=O) groups excluding carboxylic acids is 1. The van der Waals surface area contributed by atoms with Crippen LogP contribution in [-0.2, 0) is 13.1 Å². The number of hydrogen-bond donors (Lipinski definition) is 2. The Bertz CT molecular complexity index is 984. The topological polar surface area (TPSA) is 70.4 Å². The van der Waals surface area contributed by atoms with Crippen LogP contribution in [0.2, 0.25) is 5.02 Å². The average Bonchev–Trinajstić information content (AvgIpc) is 3.27. The zero-order chi connectivity index (χ0) is 19.5. The molecule has 2 aromatic carbocycles. The predicted octanol–water partition coefficient (Wildman–Crippen LogP) is 4.44. The van der Waals surface area contributed by atoms with Gasteiger partial charge in [0.25, 0.3) is 0 Å². The normalized spacial score (nSPS) is 13.6. The predicted molar refractivity (Wildman–Crippen MR) is 109 cm³/mol. The highest BCUT2D eigenvalue weighted by atomic mass is 35.5. The molecule has 0 radical (unpaired) electrons. The van der Waals surface area contributed by atoms with Crippen molar-refractivity contribution in [1.29, 1.82) is 0 Å². The second-order valence-electron chi connectivity index (χ2n) is 6.69. The van der Waals surface area contributed by atoms with E-state index in [-0.39, 0.29) is 6.03 Å². The molecular weight excluding hydrogens is 376 g/mol. The maximum atomic E-state index is 11.8. The van der Waals surface area contributed by atoms with E-state index >= 15 is 0 Å². The minimum Gasteiger partial charge on any atom is -0.438 e. The largest absolute Gasteiger partial charge is 0.438 e. The second kappa shape index (κ2) is 7.94. The van der Waals surface area contributed by atoms with Crippen molar-refractivity contribution in [2.75, 3.05) is 18.4 Å². The summed E-state index contributed by atoms with van der Waals surface area (Å²) in [5.74, 6) is 1.35. The van der Waals surface area contributed by atoms with E-state index in [1.807, 2.05) is 55.5 Å². The lowest BCUT2D eigenvalue weighted by Gasteiger charge is -2.17. The van der Waals surface area contributed by atoms with Gasteiger partial charge in [0.15, 0.2) is 5.76 Å². The highest BCUT2D eigenvalue weighted by Gasteiger charge is 2.20. The Morgan fingerprint density at radius 1 is 1.21 bits per heavy atom. The van der Waals surface area contributed by atoms with Gasteiger partial charge in [-0.15, -0.1) is 0 Å². The van der Waals surface area contributed by atoms with Gasteiger partial charge in [0, 0.05) is 35.9 Å². The number of rotatable bonds is 6. The quantitative estimate of drug-likeness (QED) is 0.646. The number of urea groups is 1. The zero-order valence-corrected chi connectivity index (χ0v) is 16.3. The Kier molecular flexibility index (Phi) is 5.21. The molecule has 2 heterocycles. The first-order valence-electron chi connectivity index (χ1n) is 9.17. The van der Waals surface area contributed by atoms with Gasteiger partial charge in [0.05, 0.1) is 12.2 Å². The number of amides is 2. The maximum Gasteiger partial charge on any atom is 0.317 e. The number of para-hydroxylation sites is 1. The van der Waals surface area contributed by atoms with Gasteiger partial charge in [-0.05, 0) is 42.8 Å². The molecule has 1 saturated heterocycles. The molecule has 0 saturated carbocycles. The first-order valence-corrected chi connectivity index (χ1v) is 9.55. The van der Waals surface area contributed by atoms with E-state index in [4.69, 9.17) is 16.0 Å². The fourth-order valence-electron chi connectivity index (χ4n) is 3.27. The molecule has 1 aliphatic rings. The molecule has 0 atom stereocenters. The van der Waals surface area contributed by atoms with Crippen LogP contribution in [0.15, 0.2) is 52.9 Å². The third-order valence-corrected chi connectivity index (χ3v) is 4.95. The first kappa shape index (κ1) is 18.4. The van der Waals surface area contributed by atoms with Crippen molar-refractivity contribution < 1.29 is 9.21 Å². The second-order valence-corrected chi connectivity index (χ2v) is 7.13. The highest BCUT2D eigenvalue weighted by molar-refractivity contribution is 6.30. The van der Waals surface area contributed by atoms with Gasteiger partial charge >= 0.3 is 6.03 Å². The minimum absolute atomic E-state index is 0.0225. The number of carbonyl (C=O) groups is 1. The summed E-state index contributed by atoms with van der Waals surface area (Å²) in [5.41, 5.74) is 3.80. The summed E-state index contributed by atoms with van der Waals surface area (Å²) in [6, 6.07) is 15.5. The Morgan fingerprint density at radius 2 is 2.00 bits per heavy atom. The van der Waals surface area contributed by atoms with E-state index in [0.717, 1.165) is 34.8 Å². The van der Waals surface area contributed by atoms with E-state index in [9.17, 15) is 4.79 Å². The van der Waals surface area contributed by atoms with Gasteiger partial charge in [-0.2, -0.15) is 0 Å². The van der Waals surface area contributed by atoms with Gasteiger partial charge in [-0.25, -0.2) is 9.78 Å². The third kappa shape index (κ3) is 3.97. The number of halogens is 1. The van der Waals surface area contributed by atoms with Crippen LogP contribution in [0.4, 0.5) is 10.5 Å². The number of benzene rings is 2. The van der Waals surface area contributed by atoms with Crippen molar-refractivity contribution in [3.8, 4) is 11.3 Å². The summed E-state index contributed by atoms with van der Waals surface area (Å²) in [5, 5.41) is 6.90. The summed E-state index contributed by atoms with van der Waals surface area (Å²) in [6.07, 6.45) is 0. The van der Waals surface area contributed by atoms with E-state index in [1.54, 1.807) is 4.90 Å². The molecule has 0 aliphatic carbocycles. The lowest BCUT2D eigenvalue weighted by molar-refractivity contribution is 0.215. The van der Waals surface area contributed by atoms with Crippen LogP contribution in [0, 0.1) is 6.92 Å². The summed E-state index contributed by atoms with van der Waals surface area (Å²) >= 11 is 5.96. The number of nitrogens with zero attached hydrogens (tertiary/aromatic N) is 2. The Morgan fingerprint density at radius 3 is 2.75 bits per heavy atom. The van der Waals surface area contributed by atoms with Crippen molar-refractivity contribution in [2.45, 2.75) is 20.0 Å². The monoisotopic (exact) mass is 396 g/mol. The Labute approximate surface area is 168 Å². The van der Waals surface area contributed by atoms with Crippen LogP contribution >= 0.6 is 11.6 Å². The van der Waals surface area contributed by atoms with Crippen LogP contribution in [0.1, 0.15) is 17.1 Å². The molecule has 28 heavy (non-hydrogen) atoms. The van der Waals surface area contributed by atoms with Crippen LogP contribution in [0.5, 0.6) is 0 Å². The number of anilines is 1. The highest BCUT2D eigenvalue weighted by Crippen LogP contribution is 2.26. The minimum atomic E-state index is -0.0225. The molecule has 0 bridgehead atoms. The van der Waals surface area contributed by atoms with Crippen molar-refractivity contribution in [2.24, 2.45) is 0 Å². The molecule has 0 unspecified atom stereocenters. The number of oxazole rings is 1. The first-order chi connectivity index (χ1) is 13.6. The molecule has 1 fully saturated rings.